The molecule has 0 amide bonds. The van der Waals surface area contributed by atoms with Gasteiger partial charge in [0.2, 0.25) is 5.43 Å². The van der Waals surface area contributed by atoms with E-state index in [4.69, 9.17) is 18.6 Å². The van der Waals surface area contributed by atoms with Crippen molar-refractivity contribution in [2.45, 2.75) is 12.3 Å². The van der Waals surface area contributed by atoms with Crippen molar-refractivity contribution in [1.82, 2.24) is 0 Å². The second kappa shape index (κ2) is 8.64. The van der Waals surface area contributed by atoms with Crippen molar-refractivity contribution in [3.63, 3.8) is 0 Å². The second-order valence-electron chi connectivity index (χ2n) is 8.06. The van der Waals surface area contributed by atoms with E-state index in [2.05, 4.69) is 0 Å². The number of hydrogen-bond acceptors (Lipinski definition) is 8. The van der Waals surface area contributed by atoms with E-state index in [1.165, 1.54) is 19.4 Å². The summed E-state index contributed by atoms with van der Waals surface area (Å²) in [5.74, 6) is -1.08. The number of esters is 2. The molecule has 1 aliphatic heterocycles. The third-order valence-electron chi connectivity index (χ3n) is 6.11. The number of hydrogen-bond donors (Lipinski definition) is 1. The van der Waals surface area contributed by atoms with Crippen molar-refractivity contribution in [1.29, 1.82) is 0 Å². The van der Waals surface area contributed by atoms with Gasteiger partial charge in [-0.25, -0.2) is 4.79 Å². The molecule has 176 valence electrons. The molecular weight excluding hydrogens is 452 g/mol. The Hall–Kier alpha value is -4.59. The Morgan fingerprint density at radius 1 is 1.03 bits per heavy atom. The molecule has 0 bridgehead atoms. The lowest BCUT2D eigenvalue weighted by atomic mass is 9.84. The van der Waals surface area contributed by atoms with Crippen LogP contribution in [-0.4, -0.2) is 31.3 Å². The average Bonchev–Trinajstić information content (AvgIpc) is 2.87. The van der Waals surface area contributed by atoms with E-state index in [0.29, 0.717) is 28.0 Å². The molecule has 8 nitrogen and oxygen atoms in total. The van der Waals surface area contributed by atoms with Crippen LogP contribution in [0, 0.1) is 0 Å². The summed E-state index contributed by atoms with van der Waals surface area (Å²) in [5.41, 5.74) is 2.12. The van der Waals surface area contributed by atoms with Crippen LogP contribution in [0.1, 0.15) is 33.8 Å². The molecule has 1 aromatic heterocycles. The molecule has 1 N–H and O–H groups in total. The summed E-state index contributed by atoms with van der Waals surface area (Å²) in [6, 6.07) is 14.8. The number of phenols is 1. The second-order valence-corrected chi connectivity index (χ2v) is 8.06. The third kappa shape index (κ3) is 3.78. The molecule has 35 heavy (non-hydrogen) atoms. The van der Waals surface area contributed by atoms with E-state index in [0.717, 1.165) is 0 Å². The van der Waals surface area contributed by atoms with Gasteiger partial charge in [0.05, 0.1) is 31.8 Å². The van der Waals surface area contributed by atoms with E-state index in [-0.39, 0.29) is 34.5 Å². The van der Waals surface area contributed by atoms with Gasteiger partial charge in [0.25, 0.3) is 0 Å². The zero-order valence-corrected chi connectivity index (χ0v) is 18.9. The van der Waals surface area contributed by atoms with Crippen LogP contribution >= 0.6 is 0 Å². The molecule has 4 aromatic rings. The molecule has 0 saturated heterocycles. The van der Waals surface area contributed by atoms with Crippen LogP contribution in [0.25, 0.3) is 22.1 Å². The maximum atomic E-state index is 13.4. The Labute approximate surface area is 199 Å². The Bertz CT molecular complexity index is 1510. The van der Waals surface area contributed by atoms with Crippen LogP contribution < -0.4 is 14.9 Å². The molecule has 3 aromatic carbocycles. The topological polar surface area (TPSA) is 112 Å². The number of phenolic OH excluding ortho intramolecular Hbond substituents is 1. The predicted octanol–water partition coefficient (Wildman–Crippen LogP) is 4.40. The van der Waals surface area contributed by atoms with Gasteiger partial charge in [-0.3, -0.25) is 9.59 Å². The van der Waals surface area contributed by atoms with Crippen LogP contribution in [0.15, 0.2) is 70.1 Å². The summed E-state index contributed by atoms with van der Waals surface area (Å²) >= 11 is 0. The van der Waals surface area contributed by atoms with E-state index in [1.807, 2.05) is 0 Å². The lowest BCUT2D eigenvalue weighted by Crippen LogP contribution is -2.22. The largest absolute Gasteiger partial charge is 0.507 e. The molecule has 5 rings (SSSR count). The summed E-state index contributed by atoms with van der Waals surface area (Å²) < 4.78 is 21.2. The first-order chi connectivity index (χ1) is 16.9. The van der Waals surface area contributed by atoms with Crippen molar-refractivity contribution in [2.24, 2.45) is 0 Å². The summed E-state index contributed by atoms with van der Waals surface area (Å²) in [4.78, 5) is 37.6. The predicted molar refractivity (Wildman–Crippen MR) is 126 cm³/mol. The quantitative estimate of drug-likeness (QED) is 0.344. The number of methoxy groups -OCH3 is 2. The van der Waals surface area contributed by atoms with Crippen molar-refractivity contribution >= 4 is 22.9 Å². The fourth-order valence-corrected chi connectivity index (χ4v) is 4.36. The van der Waals surface area contributed by atoms with Crippen LogP contribution in [0.3, 0.4) is 0 Å². The normalized spacial score (nSPS) is 14.8. The Morgan fingerprint density at radius 3 is 2.40 bits per heavy atom. The molecular formula is C27H20O8. The Balaban J connectivity index is 1.68. The molecule has 2 heterocycles. The molecule has 1 unspecified atom stereocenters. The minimum absolute atomic E-state index is 0.00557. The minimum atomic E-state index is -0.518. The fourth-order valence-electron chi connectivity index (χ4n) is 4.36. The van der Waals surface area contributed by atoms with Gasteiger partial charge in [-0.1, -0.05) is 24.3 Å². The molecule has 8 heteroatoms. The molecule has 0 spiro atoms. The third-order valence-corrected chi connectivity index (χ3v) is 6.11. The highest BCUT2D eigenvalue weighted by Crippen LogP contribution is 2.45. The fraction of sp³-hybridized carbons (Fsp3) is 0.148. The van der Waals surface area contributed by atoms with Gasteiger partial charge in [-0.05, 0) is 35.4 Å². The van der Waals surface area contributed by atoms with Crippen LogP contribution in [-0.2, 0) is 9.53 Å². The van der Waals surface area contributed by atoms with Gasteiger partial charge < -0.3 is 23.7 Å². The number of fused-ring (bicyclic) bond motifs is 3. The highest BCUT2D eigenvalue weighted by Gasteiger charge is 2.33. The van der Waals surface area contributed by atoms with E-state index in [9.17, 15) is 19.5 Å². The monoisotopic (exact) mass is 472 g/mol. The van der Waals surface area contributed by atoms with E-state index in [1.54, 1.807) is 55.6 Å². The summed E-state index contributed by atoms with van der Waals surface area (Å²) in [7, 11) is 2.84. The van der Waals surface area contributed by atoms with Gasteiger partial charge in [0.1, 0.15) is 34.5 Å². The smallest absolute Gasteiger partial charge is 0.337 e. The van der Waals surface area contributed by atoms with Gasteiger partial charge in [0.15, 0.2) is 0 Å². The first-order valence-corrected chi connectivity index (χ1v) is 10.8. The number of carbonyl (C=O) groups is 2. The molecule has 0 radical (unpaired) electrons. The molecule has 1 atom stereocenters. The van der Waals surface area contributed by atoms with Gasteiger partial charge in [0, 0.05) is 17.5 Å². The molecule has 0 aliphatic carbocycles. The van der Waals surface area contributed by atoms with E-state index >= 15 is 0 Å². The van der Waals surface area contributed by atoms with Gasteiger partial charge in [-0.2, -0.15) is 0 Å². The number of rotatable bonds is 4. The molecule has 0 saturated carbocycles. The lowest BCUT2D eigenvalue weighted by Gasteiger charge is -2.26. The maximum Gasteiger partial charge on any atom is 0.337 e. The summed E-state index contributed by atoms with van der Waals surface area (Å²) in [6.45, 7) is 0. The van der Waals surface area contributed by atoms with Crippen molar-refractivity contribution < 1.29 is 33.3 Å². The van der Waals surface area contributed by atoms with E-state index < -0.39 is 23.3 Å². The SMILES string of the molecule is COC(=O)c1ccc(C2CC(=O)Oc3cc(O)c4c(=O)c(-c5ccc(OC)cc5)coc4c32)cc1. The van der Waals surface area contributed by atoms with Gasteiger partial charge in [-0.15, -0.1) is 0 Å². The highest BCUT2D eigenvalue weighted by molar-refractivity contribution is 5.94. The first-order valence-electron chi connectivity index (χ1n) is 10.8. The number of benzene rings is 3. The zero-order chi connectivity index (χ0) is 24.7. The van der Waals surface area contributed by atoms with Crippen molar-refractivity contribution in [3.8, 4) is 28.4 Å². The standard InChI is InChI=1S/C27H20O8/c1-32-17-9-7-15(8-10-17)19-13-34-26-23-18(14-3-5-16(6-4-14)27(31)33-2)11-22(29)35-21(23)12-20(28)24(26)25(19)30/h3-10,12-13,18,28H,11H2,1-2H3. The molecule has 0 fully saturated rings. The lowest BCUT2D eigenvalue weighted by molar-refractivity contribution is -0.135. The van der Waals surface area contributed by atoms with Gasteiger partial charge >= 0.3 is 11.9 Å². The number of carbonyl (C=O) groups excluding carboxylic acids is 2. The van der Waals surface area contributed by atoms with Crippen LogP contribution in [0.2, 0.25) is 0 Å². The first kappa shape index (κ1) is 22.2. The van der Waals surface area contributed by atoms with Crippen LogP contribution in [0.5, 0.6) is 17.2 Å². The summed E-state index contributed by atoms with van der Waals surface area (Å²) in [5, 5.41) is 10.7. The summed E-state index contributed by atoms with van der Waals surface area (Å²) in [6.07, 6.45) is 1.33. The Kier molecular flexibility index (Phi) is 5.49. The number of ether oxygens (including phenoxy) is 3. The maximum absolute atomic E-state index is 13.4. The van der Waals surface area contributed by atoms with Crippen molar-refractivity contribution in [2.75, 3.05) is 14.2 Å². The minimum Gasteiger partial charge on any atom is -0.507 e. The molecule has 1 aliphatic rings. The van der Waals surface area contributed by atoms with Crippen molar-refractivity contribution in [3.05, 3.63) is 87.8 Å². The number of aromatic hydroxyl groups is 1. The average molecular weight is 472 g/mol. The highest BCUT2D eigenvalue weighted by atomic mass is 16.5. The van der Waals surface area contributed by atoms with Crippen LogP contribution in [0.4, 0.5) is 0 Å². The zero-order valence-electron chi connectivity index (χ0n) is 18.9. The Morgan fingerprint density at radius 2 is 1.74 bits per heavy atom.